The molecule has 2 N–H and O–H groups in total. The molecule has 0 fully saturated rings. The molecule has 19 heavy (non-hydrogen) atoms. The highest BCUT2D eigenvalue weighted by atomic mass is 19.1. The first-order valence-electron chi connectivity index (χ1n) is 6.27. The quantitative estimate of drug-likeness (QED) is 0.854. The van der Waals surface area contributed by atoms with Gasteiger partial charge in [0, 0.05) is 31.9 Å². The maximum atomic E-state index is 13.8. The first-order valence-corrected chi connectivity index (χ1v) is 6.27. The summed E-state index contributed by atoms with van der Waals surface area (Å²) < 4.78 is 13.8. The highest BCUT2D eigenvalue weighted by molar-refractivity contribution is 5.78. The summed E-state index contributed by atoms with van der Waals surface area (Å²) >= 11 is 0. The lowest BCUT2D eigenvalue weighted by molar-refractivity contribution is -0.123. The summed E-state index contributed by atoms with van der Waals surface area (Å²) in [4.78, 5) is 13.3. The fourth-order valence-electron chi connectivity index (χ4n) is 2.11. The molecular weight excluding hydrogens is 247 g/mol. The van der Waals surface area contributed by atoms with Crippen molar-refractivity contribution in [1.82, 2.24) is 5.32 Å². The maximum absolute atomic E-state index is 13.8. The van der Waals surface area contributed by atoms with Crippen LogP contribution in [0.2, 0.25) is 0 Å². The second kappa shape index (κ2) is 6.52. The molecule has 0 saturated heterocycles. The van der Waals surface area contributed by atoms with Gasteiger partial charge >= 0.3 is 0 Å². The zero-order valence-electron chi connectivity index (χ0n) is 11.8. The Labute approximate surface area is 113 Å². The Morgan fingerprint density at radius 3 is 2.63 bits per heavy atom. The van der Waals surface area contributed by atoms with E-state index in [0.717, 1.165) is 0 Å². The van der Waals surface area contributed by atoms with Gasteiger partial charge in [-0.25, -0.2) is 4.39 Å². The molecule has 0 aromatic heterocycles. The number of nitrogens with zero attached hydrogens (tertiary/aromatic N) is 1. The van der Waals surface area contributed by atoms with Crippen LogP contribution >= 0.6 is 0 Å². The summed E-state index contributed by atoms with van der Waals surface area (Å²) in [7, 11) is 3.36. The second-order valence-electron chi connectivity index (χ2n) is 4.74. The van der Waals surface area contributed by atoms with Crippen LogP contribution in [0, 0.1) is 11.7 Å². The monoisotopic (exact) mass is 268 g/mol. The Kier molecular flexibility index (Phi) is 5.30. The third-order valence-electron chi connectivity index (χ3n) is 3.10. The van der Waals surface area contributed by atoms with Gasteiger partial charge in [-0.05, 0) is 19.1 Å². The summed E-state index contributed by atoms with van der Waals surface area (Å²) in [6.45, 7) is 3.78. The first-order chi connectivity index (χ1) is 8.88. The van der Waals surface area contributed by atoms with Gasteiger partial charge in [0.25, 0.3) is 0 Å². The normalized spacial score (nSPS) is 13.8. The van der Waals surface area contributed by atoms with Crippen molar-refractivity contribution in [3.05, 3.63) is 29.6 Å². The predicted octanol–water partition coefficient (Wildman–Crippen LogP) is 1.70. The van der Waals surface area contributed by atoms with E-state index in [9.17, 15) is 14.3 Å². The van der Waals surface area contributed by atoms with Crippen molar-refractivity contribution in [3.63, 3.8) is 0 Å². The molecule has 2 atom stereocenters. The van der Waals surface area contributed by atoms with E-state index in [1.165, 1.54) is 13.0 Å². The minimum absolute atomic E-state index is 0.0677. The zero-order chi connectivity index (χ0) is 14.6. The number of carbonyl (C=O) groups excluding carboxylic acids is 1. The Morgan fingerprint density at radius 2 is 2.11 bits per heavy atom. The van der Waals surface area contributed by atoms with E-state index < -0.39 is 11.9 Å². The number of halogens is 1. The Balaban J connectivity index is 2.97. The van der Waals surface area contributed by atoms with Gasteiger partial charge in [0.05, 0.1) is 12.0 Å². The molecule has 0 spiro atoms. The van der Waals surface area contributed by atoms with E-state index in [0.29, 0.717) is 12.2 Å². The number of amides is 1. The summed E-state index contributed by atoms with van der Waals surface area (Å²) in [5.74, 6) is -0.728. The number of rotatable bonds is 5. The van der Waals surface area contributed by atoms with Gasteiger partial charge in [0.1, 0.15) is 5.82 Å². The van der Waals surface area contributed by atoms with Crippen LogP contribution in [-0.4, -0.2) is 31.7 Å². The zero-order valence-corrected chi connectivity index (χ0v) is 11.8. The Hall–Kier alpha value is -1.62. The number of aliphatic hydroxyl groups excluding tert-OH is 1. The molecule has 0 aliphatic heterocycles. The number of aliphatic hydroxyl groups is 1. The SMILES string of the molecule is CNC(=O)C(C)CN(C)c1cccc(F)c1C(C)O. The fraction of sp³-hybridized carbons (Fsp3) is 0.500. The average Bonchev–Trinajstić information content (AvgIpc) is 2.36. The van der Waals surface area contributed by atoms with Gasteiger partial charge in [-0.2, -0.15) is 0 Å². The van der Waals surface area contributed by atoms with Crippen molar-refractivity contribution in [1.29, 1.82) is 0 Å². The highest BCUT2D eigenvalue weighted by Gasteiger charge is 2.19. The van der Waals surface area contributed by atoms with Crippen LogP contribution in [0.4, 0.5) is 10.1 Å². The lowest BCUT2D eigenvalue weighted by Gasteiger charge is -2.26. The van der Waals surface area contributed by atoms with E-state index in [4.69, 9.17) is 0 Å². The number of carbonyl (C=O) groups is 1. The van der Waals surface area contributed by atoms with Crippen LogP contribution in [0.3, 0.4) is 0 Å². The molecule has 106 valence electrons. The van der Waals surface area contributed by atoms with Gasteiger partial charge < -0.3 is 15.3 Å². The van der Waals surface area contributed by atoms with E-state index in [2.05, 4.69) is 5.32 Å². The number of benzene rings is 1. The molecule has 2 unspecified atom stereocenters. The molecule has 0 aliphatic carbocycles. The predicted molar refractivity (Wildman–Crippen MR) is 73.5 cm³/mol. The van der Waals surface area contributed by atoms with Crippen LogP contribution in [0.5, 0.6) is 0 Å². The Bertz CT molecular complexity index is 449. The van der Waals surface area contributed by atoms with Crippen molar-refractivity contribution >= 4 is 11.6 Å². The standard InChI is InChI=1S/C14H21FN2O2/c1-9(14(19)16-3)8-17(4)12-7-5-6-11(15)13(12)10(2)18/h5-7,9-10,18H,8H2,1-4H3,(H,16,19). The largest absolute Gasteiger partial charge is 0.389 e. The van der Waals surface area contributed by atoms with Gasteiger partial charge in [0.15, 0.2) is 0 Å². The van der Waals surface area contributed by atoms with Crippen molar-refractivity contribution < 1.29 is 14.3 Å². The average molecular weight is 268 g/mol. The smallest absolute Gasteiger partial charge is 0.224 e. The Morgan fingerprint density at radius 1 is 1.47 bits per heavy atom. The summed E-state index contributed by atoms with van der Waals surface area (Å²) in [5, 5.41) is 12.3. The summed E-state index contributed by atoms with van der Waals surface area (Å²) in [5.41, 5.74) is 0.861. The minimum Gasteiger partial charge on any atom is -0.389 e. The molecule has 0 bridgehead atoms. The molecule has 0 radical (unpaired) electrons. The third kappa shape index (κ3) is 3.67. The molecule has 1 amide bonds. The first kappa shape index (κ1) is 15.4. The fourth-order valence-corrected chi connectivity index (χ4v) is 2.11. The van der Waals surface area contributed by atoms with Crippen LogP contribution in [0.15, 0.2) is 18.2 Å². The van der Waals surface area contributed by atoms with Crippen molar-refractivity contribution in [2.75, 3.05) is 25.5 Å². The molecule has 1 rings (SSSR count). The van der Waals surface area contributed by atoms with Gasteiger partial charge in [-0.3, -0.25) is 4.79 Å². The van der Waals surface area contributed by atoms with Crippen LogP contribution in [-0.2, 0) is 4.79 Å². The van der Waals surface area contributed by atoms with E-state index in [1.54, 1.807) is 38.1 Å². The van der Waals surface area contributed by atoms with E-state index in [1.807, 2.05) is 0 Å². The van der Waals surface area contributed by atoms with Crippen molar-refractivity contribution in [2.45, 2.75) is 20.0 Å². The van der Waals surface area contributed by atoms with Crippen LogP contribution in [0.1, 0.15) is 25.5 Å². The summed E-state index contributed by atoms with van der Waals surface area (Å²) in [6, 6.07) is 4.65. The lowest BCUT2D eigenvalue weighted by Crippen LogP contribution is -2.34. The molecular formula is C14H21FN2O2. The van der Waals surface area contributed by atoms with E-state index >= 15 is 0 Å². The van der Waals surface area contributed by atoms with Crippen LogP contribution in [0.25, 0.3) is 0 Å². The van der Waals surface area contributed by atoms with Gasteiger partial charge in [-0.15, -0.1) is 0 Å². The van der Waals surface area contributed by atoms with Gasteiger partial charge in [0.2, 0.25) is 5.91 Å². The molecule has 0 saturated carbocycles. The highest BCUT2D eigenvalue weighted by Crippen LogP contribution is 2.28. The molecule has 0 aliphatic rings. The topological polar surface area (TPSA) is 52.6 Å². The molecule has 5 heteroatoms. The molecule has 4 nitrogen and oxygen atoms in total. The van der Waals surface area contributed by atoms with Gasteiger partial charge in [-0.1, -0.05) is 13.0 Å². The second-order valence-corrected chi connectivity index (χ2v) is 4.74. The van der Waals surface area contributed by atoms with Crippen molar-refractivity contribution in [2.24, 2.45) is 5.92 Å². The molecule has 0 heterocycles. The van der Waals surface area contributed by atoms with Crippen LogP contribution < -0.4 is 10.2 Å². The maximum Gasteiger partial charge on any atom is 0.224 e. The lowest BCUT2D eigenvalue weighted by atomic mass is 10.0. The third-order valence-corrected chi connectivity index (χ3v) is 3.10. The van der Waals surface area contributed by atoms with Crippen molar-refractivity contribution in [3.8, 4) is 0 Å². The number of nitrogens with one attached hydrogen (secondary N) is 1. The number of hydrogen-bond donors (Lipinski definition) is 2. The number of anilines is 1. The summed E-state index contributed by atoms with van der Waals surface area (Å²) in [6.07, 6.45) is -0.894. The molecule has 1 aromatic carbocycles. The van der Waals surface area contributed by atoms with E-state index in [-0.39, 0.29) is 17.4 Å². The number of hydrogen-bond acceptors (Lipinski definition) is 3. The molecule has 1 aromatic rings. The minimum atomic E-state index is -0.894.